The van der Waals surface area contributed by atoms with Gasteiger partial charge < -0.3 is 5.32 Å². The van der Waals surface area contributed by atoms with Crippen LogP contribution in [0.4, 0.5) is 11.5 Å². The number of rotatable bonds is 6. The second kappa shape index (κ2) is 5.95. The van der Waals surface area contributed by atoms with Crippen molar-refractivity contribution in [3.8, 4) is 0 Å². The van der Waals surface area contributed by atoms with Gasteiger partial charge in [0, 0.05) is 11.8 Å². The zero-order valence-corrected chi connectivity index (χ0v) is 10.9. The van der Waals surface area contributed by atoms with E-state index in [0.29, 0.717) is 5.82 Å². The van der Waals surface area contributed by atoms with E-state index < -0.39 is 4.92 Å². The molecule has 0 radical (unpaired) electrons. The summed E-state index contributed by atoms with van der Waals surface area (Å²) in [6, 6.07) is 1.76. The number of anilines is 1. The highest BCUT2D eigenvalue weighted by atomic mass is 16.6. The SMILES string of the molecule is CCCc1cc(NC(=O)Cn2cc([N+](=O)[O-])cn2)n[nH]1. The van der Waals surface area contributed by atoms with Crippen LogP contribution < -0.4 is 5.32 Å². The number of aromatic nitrogens is 4. The first-order valence-electron chi connectivity index (χ1n) is 6.09. The molecule has 2 rings (SSSR count). The van der Waals surface area contributed by atoms with Gasteiger partial charge in [0.05, 0.1) is 4.92 Å². The van der Waals surface area contributed by atoms with Crippen LogP contribution in [-0.4, -0.2) is 30.8 Å². The summed E-state index contributed by atoms with van der Waals surface area (Å²) in [5.41, 5.74) is 0.792. The lowest BCUT2D eigenvalue weighted by Crippen LogP contribution is -2.19. The lowest BCUT2D eigenvalue weighted by Gasteiger charge is -2.00. The van der Waals surface area contributed by atoms with Crippen LogP contribution in [0.15, 0.2) is 18.5 Å². The number of aryl methyl sites for hydroxylation is 1. The first-order valence-corrected chi connectivity index (χ1v) is 6.09. The molecule has 0 fully saturated rings. The number of nitrogens with zero attached hydrogens (tertiary/aromatic N) is 4. The summed E-state index contributed by atoms with van der Waals surface area (Å²) in [6.45, 7) is 1.94. The van der Waals surface area contributed by atoms with Crippen LogP contribution in [0.2, 0.25) is 0 Å². The highest BCUT2D eigenvalue weighted by Gasteiger charge is 2.12. The average Bonchev–Trinajstić information content (AvgIpc) is 2.99. The van der Waals surface area contributed by atoms with Gasteiger partial charge >= 0.3 is 5.69 Å². The molecule has 0 atom stereocenters. The molecule has 0 saturated heterocycles. The topological polar surface area (TPSA) is 119 Å². The Balaban J connectivity index is 1.92. The molecule has 0 spiro atoms. The van der Waals surface area contributed by atoms with Gasteiger partial charge in [0.1, 0.15) is 18.9 Å². The first kappa shape index (κ1) is 13.7. The first-order chi connectivity index (χ1) is 9.58. The predicted octanol–water partition coefficient (Wildman–Crippen LogP) is 1.11. The molecule has 2 N–H and O–H groups in total. The summed E-state index contributed by atoms with van der Waals surface area (Å²) in [6.07, 6.45) is 4.13. The van der Waals surface area contributed by atoms with Gasteiger partial charge in [0.2, 0.25) is 5.91 Å². The lowest BCUT2D eigenvalue weighted by molar-refractivity contribution is -0.385. The van der Waals surface area contributed by atoms with Crippen molar-refractivity contribution in [2.75, 3.05) is 5.32 Å². The zero-order valence-electron chi connectivity index (χ0n) is 10.9. The van der Waals surface area contributed by atoms with Gasteiger partial charge in [-0.3, -0.25) is 24.7 Å². The summed E-state index contributed by atoms with van der Waals surface area (Å²) in [7, 11) is 0. The molecule has 0 unspecified atom stereocenters. The lowest BCUT2D eigenvalue weighted by atomic mass is 10.2. The molecule has 20 heavy (non-hydrogen) atoms. The molecular weight excluding hydrogens is 264 g/mol. The Morgan fingerprint density at radius 3 is 3.05 bits per heavy atom. The van der Waals surface area contributed by atoms with Gasteiger partial charge in [0.25, 0.3) is 0 Å². The number of carbonyl (C=O) groups is 1. The highest BCUT2D eigenvalue weighted by Crippen LogP contribution is 2.09. The number of amides is 1. The quantitative estimate of drug-likeness (QED) is 0.606. The number of hydrogen-bond donors (Lipinski definition) is 2. The van der Waals surface area contributed by atoms with Crippen molar-refractivity contribution in [2.45, 2.75) is 26.3 Å². The van der Waals surface area contributed by atoms with Crippen molar-refractivity contribution in [1.82, 2.24) is 20.0 Å². The smallest absolute Gasteiger partial charge is 0.307 e. The Hall–Kier alpha value is -2.71. The van der Waals surface area contributed by atoms with Gasteiger partial charge in [-0.15, -0.1) is 0 Å². The monoisotopic (exact) mass is 278 g/mol. The van der Waals surface area contributed by atoms with E-state index >= 15 is 0 Å². The molecular formula is C11H14N6O3. The van der Waals surface area contributed by atoms with Gasteiger partial charge in [-0.05, 0) is 6.42 Å². The number of carbonyl (C=O) groups excluding carboxylic acids is 1. The molecule has 2 aromatic rings. The normalized spacial score (nSPS) is 10.4. The molecule has 0 aliphatic heterocycles. The van der Waals surface area contributed by atoms with E-state index in [1.54, 1.807) is 6.07 Å². The minimum Gasteiger partial charge on any atom is -0.308 e. The van der Waals surface area contributed by atoms with Crippen LogP contribution in [0.25, 0.3) is 0 Å². The maximum atomic E-state index is 11.7. The molecule has 0 aliphatic rings. The van der Waals surface area contributed by atoms with Crippen LogP contribution in [-0.2, 0) is 17.8 Å². The van der Waals surface area contributed by atoms with Crippen molar-refractivity contribution in [1.29, 1.82) is 0 Å². The number of nitro groups is 1. The van der Waals surface area contributed by atoms with E-state index in [1.807, 2.05) is 6.92 Å². The van der Waals surface area contributed by atoms with Gasteiger partial charge in [-0.25, -0.2) is 0 Å². The largest absolute Gasteiger partial charge is 0.308 e. The Labute approximate surface area is 114 Å². The van der Waals surface area contributed by atoms with E-state index in [2.05, 4.69) is 20.6 Å². The second-order valence-corrected chi connectivity index (χ2v) is 4.23. The molecule has 2 aromatic heterocycles. The Bertz CT molecular complexity index is 617. The van der Waals surface area contributed by atoms with Crippen molar-refractivity contribution in [3.63, 3.8) is 0 Å². The molecule has 9 heteroatoms. The number of H-pyrrole nitrogens is 1. The predicted molar refractivity (Wildman–Crippen MR) is 70.1 cm³/mol. The average molecular weight is 278 g/mol. The molecule has 0 saturated carbocycles. The van der Waals surface area contributed by atoms with Gasteiger partial charge in [-0.2, -0.15) is 10.2 Å². The summed E-state index contributed by atoms with van der Waals surface area (Å²) in [5, 5.41) is 23.6. The molecule has 1 amide bonds. The standard InChI is InChI=1S/C11H14N6O3/c1-2-3-8-4-10(15-14-8)13-11(18)7-16-6-9(5-12-16)17(19)20/h4-6H,2-3,7H2,1H3,(H2,13,14,15,18). The number of hydrogen-bond acceptors (Lipinski definition) is 5. The van der Waals surface area contributed by atoms with E-state index in [0.717, 1.165) is 24.7 Å². The second-order valence-electron chi connectivity index (χ2n) is 4.23. The molecule has 2 heterocycles. The maximum absolute atomic E-state index is 11.7. The van der Waals surface area contributed by atoms with E-state index in [4.69, 9.17) is 0 Å². The molecule has 0 aliphatic carbocycles. The summed E-state index contributed by atoms with van der Waals surface area (Å²) < 4.78 is 1.20. The van der Waals surface area contributed by atoms with Gasteiger partial charge in [-0.1, -0.05) is 13.3 Å². The minimum absolute atomic E-state index is 0.107. The minimum atomic E-state index is -0.563. The fourth-order valence-corrected chi connectivity index (χ4v) is 1.69. The van der Waals surface area contributed by atoms with E-state index in [9.17, 15) is 14.9 Å². The van der Waals surface area contributed by atoms with Crippen LogP contribution in [0.5, 0.6) is 0 Å². The fraction of sp³-hybridized carbons (Fsp3) is 0.364. The Morgan fingerprint density at radius 1 is 1.60 bits per heavy atom. The highest BCUT2D eigenvalue weighted by molar-refractivity contribution is 5.89. The third-order valence-corrected chi connectivity index (χ3v) is 2.55. The zero-order chi connectivity index (χ0) is 14.5. The summed E-state index contributed by atoms with van der Waals surface area (Å²) in [5.74, 6) is 0.0812. The molecule has 0 aromatic carbocycles. The fourth-order valence-electron chi connectivity index (χ4n) is 1.69. The van der Waals surface area contributed by atoms with Crippen LogP contribution >= 0.6 is 0 Å². The van der Waals surface area contributed by atoms with Gasteiger partial charge in [0.15, 0.2) is 5.82 Å². The van der Waals surface area contributed by atoms with Crippen molar-refractivity contribution >= 4 is 17.4 Å². The third-order valence-electron chi connectivity index (χ3n) is 2.55. The van der Waals surface area contributed by atoms with Crippen LogP contribution in [0.1, 0.15) is 19.0 Å². The van der Waals surface area contributed by atoms with Crippen LogP contribution in [0.3, 0.4) is 0 Å². The van der Waals surface area contributed by atoms with Crippen molar-refractivity contribution in [3.05, 3.63) is 34.3 Å². The van der Waals surface area contributed by atoms with Crippen LogP contribution in [0, 0.1) is 10.1 Å². The summed E-state index contributed by atoms with van der Waals surface area (Å²) >= 11 is 0. The third kappa shape index (κ3) is 3.40. The maximum Gasteiger partial charge on any atom is 0.307 e. The number of nitrogens with one attached hydrogen (secondary N) is 2. The molecule has 9 nitrogen and oxygen atoms in total. The summed E-state index contributed by atoms with van der Waals surface area (Å²) in [4.78, 5) is 21.7. The Morgan fingerprint density at radius 2 is 2.40 bits per heavy atom. The number of aromatic amines is 1. The van der Waals surface area contributed by atoms with E-state index in [-0.39, 0.29) is 18.1 Å². The molecule has 106 valence electrons. The van der Waals surface area contributed by atoms with E-state index in [1.165, 1.54) is 10.9 Å². The molecule has 0 bridgehead atoms. The van der Waals surface area contributed by atoms with Crippen molar-refractivity contribution in [2.24, 2.45) is 0 Å². The Kier molecular flexibility index (Phi) is 4.08. The van der Waals surface area contributed by atoms with Crippen molar-refractivity contribution < 1.29 is 9.72 Å².